The van der Waals surface area contributed by atoms with Crippen LogP contribution in [0.1, 0.15) is 13.3 Å². The summed E-state index contributed by atoms with van der Waals surface area (Å²) < 4.78 is 0. The van der Waals surface area contributed by atoms with Crippen molar-refractivity contribution in [3.05, 3.63) is 11.6 Å². The molecule has 0 bridgehead atoms. The van der Waals surface area contributed by atoms with E-state index >= 15 is 0 Å². The SMILES string of the molecule is CCC=C(C#N)CBr. The Morgan fingerprint density at radius 3 is 2.62 bits per heavy atom. The molecule has 44 valence electrons. The molecule has 1 nitrogen and oxygen atoms in total. The summed E-state index contributed by atoms with van der Waals surface area (Å²) in [5.41, 5.74) is 0.813. The Balaban J connectivity index is 3.72. The van der Waals surface area contributed by atoms with Crippen molar-refractivity contribution in [2.24, 2.45) is 0 Å². The molecule has 0 radical (unpaired) electrons. The van der Waals surface area contributed by atoms with Gasteiger partial charge in [0.05, 0.1) is 6.07 Å². The zero-order valence-electron chi connectivity index (χ0n) is 4.82. The predicted molar refractivity (Wildman–Crippen MR) is 37.8 cm³/mol. The Kier molecular flexibility index (Phi) is 4.68. The van der Waals surface area contributed by atoms with Crippen molar-refractivity contribution < 1.29 is 0 Å². The molecule has 0 saturated carbocycles. The largest absolute Gasteiger partial charge is 0.193 e. The van der Waals surface area contributed by atoms with E-state index in [1.54, 1.807) is 0 Å². The number of alkyl halides is 1. The molecule has 0 spiro atoms. The number of rotatable bonds is 2. The Hall–Kier alpha value is -0.290. The molecule has 0 fully saturated rings. The van der Waals surface area contributed by atoms with Crippen LogP contribution in [0.2, 0.25) is 0 Å². The highest BCUT2D eigenvalue weighted by molar-refractivity contribution is 9.09. The van der Waals surface area contributed by atoms with Crippen LogP contribution in [-0.2, 0) is 0 Å². The summed E-state index contributed by atoms with van der Waals surface area (Å²) in [6, 6.07) is 2.07. The van der Waals surface area contributed by atoms with Crippen molar-refractivity contribution in [3.8, 4) is 6.07 Å². The van der Waals surface area contributed by atoms with Gasteiger partial charge in [-0.05, 0) is 6.42 Å². The zero-order valence-corrected chi connectivity index (χ0v) is 6.40. The van der Waals surface area contributed by atoms with Crippen molar-refractivity contribution in [1.29, 1.82) is 5.26 Å². The molecule has 0 aliphatic heterocycles. The van der Waals surface area contributed by atoms with Crippen molar-refractivity contribution in [3.63, 3.8) is 0 Å². The van der Waals surface area contributed by atoms with Crippen LogP contribution in [0.3, 0.4) is 0 Å². The maximum atomic E-state index is 8.31. The normalized spacial score (nSPS) is 10.9. The fraction of sp³-hybridized carbons (Fsp3) is 0.500. The standard InChI is InChI=1S/C6H8BrN/c1-2-3-6(4-7)5-8/h3H,2,4H2,1H3. The molecule has 0 aromatic carbocycles. The summed E-state index contributed by atoms with van der Waals surface area (Å²) in [4.78, 5) is 0. The van der Waals surface area contributed by atoms with E-state index in [2.05, 4.69) is 22.0 Å². The smallest absolute Gasteiger partial charge is 0.0952 e. The molecule has 0 atom stereocenters. The number of hydrogen-bond donors (Lipinski definition) is 0. The maximum Gasteiger partial charge on any atom is 0.0952 e. The summed E-state index contributed by atoms with van der Waals surface area (Å²) in [5, 5.41) is 8.99. The molecule has 0 unspecified atom stereocenters. The van der Waals surface area contributed by atoms with Gasteiger partial charge < -0.3 is 0 Å². The molecular weight excluding hydrogens is 166 g/mol. The molecule has 0 aliphatic rings. The third-order valence-electron chi connectivity index (χ3n) is 0.738. The first-order valence-electron chi connectivity index (χ1n) is 2.50. The minimum atomic E-state index is 0.678. The maximum absolute atomic E-state index is 8.31. The quantitative estimate of drug-likeness (QED) is 0.465. The van der Waals surface area contributed by atoms with E-state index < -0.39 is 0 Å². The fourth-order valence-corrected chi connectivity index (χ4v) is 0.731. The van der Waals surface area contributed by atoms with E-state index in [0.29, 0.717) is 5.33 Å². The summed E-state index contributed by atoms with van der Waals surface area (Å²) in [7, 11) is 0. The number of hydrogen-bond acceptors (Lipinski definition) is 1. The van der Waals surface area contributed by atoms with E-state index in [-0.39, 0.29) is 0 Å². The van der Waals surface area contributed by atoms with Gasteiger partial charge in [-0.2, -0.15) is 5.26 Å². The van der Waals surface area contributed by atoms with Crippen LogP contribution in [0.5, 0.6) is 0 Å². The van der Waals surface area contributed by atoms with Crippen LogP contribution in [-0.4, -0.2) is 5.33 Å². The van der Waals surface area contributed by atoms with Gasteiger partial charge in [-0.15, -0.1) is 0 Å². The van der Waals surface area contributed by atoms with Crippen molar-refractivity contribution in [1.82, 2.24) is 0 Å². The second kappa shape index (κ2) is 4.86. The van der Waals surface area contributed by atoms with Gasteiger partial charge in [-0.25, -0.2) is 0 Å². The summed E-state index contributed by atoms with van der Waals surface area (Å²) in [6.07, 6.45) is 2.85. The second-order valence-electron chi connectivity index (χ2n) is 1.38. The second-order valence-corrected chi connectivity index (χ2v) is 1.94. The Bertz CT molecular complexity index is 121. The van der Waals surface area contributed by atoms with Crippen LogP contribution in [0.4, 0.5) is 0 Å². The summed E-state index contributed by atoms with van der Waals surface area (Å²) in [6.45, 7) is 2.01. The first kappa shape index (κ1) is 7.71. The highest BCUT2D eigenvalue weighted by atomic mass is 79.9. The molecule has 0 rings (SSSR count). The minimum absolute atomic E-state index is 0.678. The van der Waals surface area contributed by atoms with Crippen LogP contribution in [0, 0.1) is 11.3 Å². The molecule has 0 N–H and O–H groups in total. The lowest BCUT2D eigenvalue weighted by Gasteiger charge is -1.83. The van der Waals surface area contributed by atoms with E-state index in [1.807, 2.05) is 13.0 Å². The van der Waals surface area contributed by atoms with Gasteiger partial charge in [0, 0.05) is 10.9 Å². The van der Waals surface area contributed by atoms with Gasteiger partial charge in [0.1, 0.15) is 0 Å². The molecule has 0 amide bonds. The van der Waals surface area contributed by atoms with E-state index in [0.717, 1.165) is 12.0 Å². The highest BCUT2D eigenvalue weighted by Gasteiger charge is 1.86. The average molecular weight is 174 g/mol. The molecule has 0 aromatic heterocycles. The minimum Gasteiger partial charge on any atom is -0.193 e. The number of halogens is 1. The van der Waals surface area contributed by atoms with Crippen LogP contribution < -0.4 is 0 Å². The van der Waals surface area contributed by atoms with Gasteiger partial charge in [-0.1, -0.05) is 28.9 Å². The van der Waals surface area contributed by atoms with Gasteiger partial charge in [0.2, 0.25) is 0 Å². The lowest BCUT2D eigenvalue weighted by molar-refractivity contribution is 1.20. The molecule has 0 aliphatic carbocycles. The van der Waals surface area contributed by atoms with Crippen molar-refractivity contribution >= 4 is 15.9 Å². The molecule has 0 aromatic rings. The number of allylic oxidation sites excluding steroid dienone is 2. The molecule has 0 saturated heterocycles. The van der Waals surface area contributed by atoms with Gasteiger partial charge in [0.15, 0.2) is 0 Å². The third kappa shape index (κ3) is 2.81. The van der Waals surface area contributed by atoms with E-state index in [1.165, 1.54) is 0 Å². The van der Waals surface area contributed by atoms with Crippen molar-refractivity contribution in [2.45, 2.75) is 13.3 Å². The summed E-state index contributed by atoms with van der Waals surface area (Å²) in [5.74, 6) is 0. The zero-order chi connectivity index (χ0) is 6.41. The van der Waals surface area contributed by atoms with Gasteiger partial charge >= 0.3 is 0 Å². The molecule has 2 heteroatoms. The number of nitriles is 1. The predicted octanol–water partition coefficient (Wildman–Crippen LogP) is 2.24. The Labute approximate surface area is 58.1 Å². The third-order valence-corrected chi connectivity index (χ3v) is 1.34. The monoisotopic (exact) mass is 173 g/mol. The lowest BCUT2D eigenvalue weighted by Crippen LogP contribution is -1.76. The molecule has 8 heavy (non-hydrogen) atoms. The van der Waals surface area contributed by atoms with E-state index in [9.17, 15) is 0 Å². The highest BCUT2D eigenvalue weighted by Crippen LogP contribution is 1.98. The van der Waals surface area contributed by atoms with Gasteiger partial charge in [0.25, 0.3) is 0 Å². The van der Waals surface area contributed by atoms with Crippen LogP contribution >= 0.6 is 15.9 Å². The first-order valence-corrected chi connectivity index (χ1v) is 3.62. The lowest BCUT2D eigenvalue weighted by atomic mass is 10.3. The van der Waals surface area contributed by atoms with Crippen LogP contribution in [0.25, 0.3) is 0 Å². The van der Waals surface area contributed by atoms with E-state index in [4.69, 9.17) is 5.26 Å². The Morgan fingerprint density at radius 2 is 2.50 bits per heavy atom. The van der Waals surface area contributed by atoms with Crippen LogP contribution in [0.15, 0.2) is 11.6 Å². The topological polar surface area (TPSA) is 23.8 Å². The first-order chi connectivity index (χ1) is 3.85. The Morgan fingerprint density at radius 1 is 1.88 bits per heavy atom. The fourth-order valence-electron chi connectivity index (χ4n) is 0.376. The summed E-state index contributed by atoms with van der Waals surface area (Å²) >= 11 is 3.19. The molecule has 0 heterocycles. The van der Waals surface area contributed by atoms with Gasteiger partial charge in [-0.3, -0.25) is 0 Å². The molecular formula is C6H8BrN. The average Bonchev–Trinajstić information content (AvgIpc) is 1.83. The number of nitrogens with zero attached hydrogens (tertiary/aromatic N) is 1. The van der Waals surface area contributed by atoms with Crippen molar-refractivity contribution in [2.75, 3.05) is 5.33 Å².